The minimum atomic E-state index is 0.0321. The zero-order chi connectivity index (χ0) is 15.2. The molecule has 0 spiro atoms. The standard InChI is InChI=1S/C13H20N6OS/c1-3-8(2)16-10(20)4-6-15-11-9-5-7-21-12(9)18-13(17-11)19-14/h5,7-8H,3-4,6,14H2,1-2H3,(H,16,20)(H2,15,17,18,19). The number of nitrogens with two attached hydrogens (primary N) is 1. The van der Waals surface area contributed by atoms with Crippen molar-refractivity contribution in [2.75, 3.05) is 17.3 Å². The number of thiophene rings is 1. The van der Waals surface area contributed by atoms with E-state index in [4.69, 9.17) is 5.84 Å². The van der Waals surface area contributed by atoms with Crippen LogP contribution in [0.1, 0.15) is 26.7 Å². The minimum Gasteiger partial charge on any atom is -0.369 e. The number of nitrogens with zero attached hydrogens (tertiary/aromatic N) is 2. The van der Waals surface area contributed by atoms with Crippen molar-refractivity contribution in [1.29, 1.82) is 0 Å². The number of hydrazine groups is 1. The highest BCUT2D eigenvalue weighted by Crippen LogP contribution is 2.26. The van der Waals surface area contributed by atoms with Gasteiger partial charge >= 0.3 is 0 Å². The number of nitrogen functional groups attached to an aromatic ring is 1. The molecule has 0 aliphatic carbocycles. The van der Waals surface area contributed by atoms with Crippen molar-refractivity contribution in [3.8, 4) is 0 Å². The summed E-state index contributed by atoms with van der Waals surface area (Å²) in [5.74, 6) is 6.44. The number of hydrogen-bond acceptors (Lipinski definition) is 7. The number of hydrogen-bond donors (Lipinski definition) is 4. The molecule has 5 N–H and O–H groups in total. The number of anilines is 2. The van der Waals surface area contributed by atoms with Gasteiger partial charge in [-0.05, 0) is 24.8 Å². The predicted octanol–water partition coefficient (Wildman–Crippen LogP) is 1.69. The van der Waals surface area contributed by atoms with E-state index >= 15 is 0 Å². The van der Waals surface area contributed by atoms with Crippen LogP contribution in [0, 0.1) is 0 Å². The zero-order valence-electron chi connectivity index (χ0n) is 12.1. The molecule has 0 radical (unpaired) electrons. The van der Waals surface area contributed by atoms with Crippen molar-refractivity contribution in [2.45, 2.75) is 32.7 Å². The third kappa shape index (κ3) is 4.02. The van der Waals surface area contributed by atoms with Gasteiger partial charge in [-0.15, -0.1) is 11.3 Å². The first-order chi connectivity index (χ1) is 10.1. The maximum absolute atomic E-state index is 11.7. The number of rotatable bonds is 7. The number of aromatic nitrogens is 2. The molecule has 0 fully saturated rings. The van der Waals surface area contributed by atoms with Gasteiger partial charge in [-0.25, -0.2) is 10.8 Å². The summed E-state index contributed by atoms with van der Waals surface area (Å²) in [6, 6.07) is 2.15. The molecule has 2 aromatic rings. The summed E-state index contributed by atoms with van der Waals surface area (Å²) < 4.78 is 0. The second-order valence-electron chi connectivity index (χ2n) is 4.73. The topological polar surface area (TPSA) is 105 Å². The molecule has 1 unspecified atom stereocenters. The summed E-state index contributed by atoms with van der Waals surface area (Å²) >= 11 is 1.52. The molecule has 1 atom stereocenters. The van der Waals surface area contributed by atoms with E-state index in [0.29, 0.717) is 24.7 Å². The van der Waals surface area contributed by atoms with E-state index in [9.17, 15) is 4.79 Å². The van der Waals surface area contributed by atoms with E-state index in [-0.39, 0.29) is 11.9 Å². The van der Waals surface area contributed by atoms with E-state index in [1.54, 1.807) is 0 Å². The number of carbonyl (C=O) groups is 1. The van der Waals surface area contributed by atoms with Gasteiger partial charge in [0.1, 0.15) is 10.6 Å². The molecular formula is C13H20N6OS. The Balaban J connectivity index is 1.97. The lowest BCUT2D eigenvalue weighted by Crippen LogP contribution is -2.33. The van der Waals surface area contributed by atoms with Crippen molar-refractivity contribution in [1.82, 2.24) is 15.3 Å². The summed E-state index contributed by atoms with van der Waals surface area (Å²) in [6.07, 6.45) is 1.32. The zero-order valence-corrected chi connectivity index (χ0v) is 13.0. The Morgan fingerprint density at radius 2 is 2.29 bits per heavy atom. The van der Waals surface area contributed by atoms with Crippen molar-refractivity contribution >= 4 is 39.2 Å². The summed E-state index contributed by atoms with van der Waals surface area (Å²) in [6.45, 7) is 4.54. The average Bonchev–Trinajstić information content (AvgIpc) is 2.95. The van der Waals surface area contributed by atoms with Gasteiger partial charge in [-0.2, -0.15) is 4.98 Å². The number of carbonyl (C=O) groups excluding carboxylic acids is 1. The highest BCUT2D eigenvalue weighted by Gasteiger charge is 2.09. The Kier molecular flexibility index (Phi) is 5.29. The van der Waals surface area contributed by atoms with Gasteiger partial charge in [0.2, 0.25) is 11.9 Å². The molecule has 0 aromatic carbocycles. The van der Waals surface area contributed by atoms with Crippen LogP contribution in [0.2, 0.25) is 0 Å². The fourth-order valence-electron chi connectivity index (χ4n) is 1.80. The van der Waals surface area contributed by atoms with Crippen molar-refractivity contribution in [3.63, 3.8) is 0 Å². The summed E-state index contributed by atoms with van der Waals surface area (Å²) in [7, 11) is 0. The third-order valence-electron chi connectivity index (χ3n) is 3.12. The number of fused-ring (bicyclic) bond motifs is 1. The average molecular weight is 308 g/mol. The Labute approximate surface area is 127 Å². The molecule has 1 amide bonds. The largest absolute Gasteiger partial charge is 0.369 e. The highest BCUT2D eigenvalue weighted by atomic mass is 32.1. The molecule has 2 heterocycles. The van der Waals surface area contributed by atoms with Crippen LogP contribution in [0.25, 0.3) is 10.2 Å². The van der Waals surface area contributed by atoms with Crippen molar-refractivity contribution in [3.05, 3.63) is 11.4 Å². The Hall–Kier alpha value is -1.93. The van der Waals surface area contributed by atoms with Gasteiger partial charge in [0.15, 0.2) is 0 Å². The number of nitrogens with one attached hydrogen (secondary N) is 3. The summed E-state index contributed by atoms with van der Waals surface area (Å²) in [5, 5.41) is 8.98. The third-order valence-corrected chi connectivity index (χ3v) is 3.93. The fraction of sp³-hybridized carbons (Fsp3) is 0.462. The van der Waals surface area contributed by atoms with E-state index in [0.717, 1.165) is 16.6 Å². The lowest BCUT2D eigenvalue weighted by Gasteiger charge is -2.12. The molecule has 2 aromatic heterocycles. The van der Waals surface area contributed by atoms with E-state index in [1.165, 1.54) is 11.3 Å². The normalized spacial score (nSPS) is 12.1. The number of amides is 1. The van der Waals surface area contributed by atoms with Crippen LogP contribution in [0.5, 0.6) is 0 Å². The summed E-state index contributed by atoms with van der Waals surface area (Å²) in [4.78, 5) is 21.1. The Morgan fingerprint density at radius 3 is 3.00 bits per heavy atom. The van der Waals surface area contributed by atoms with Crippen molar-refractivity contribution in [2.24, 2.45) is 5.84 Å². The Morgan fingerprint density at radius 1 is 1.48 bits per heavy atom. The highest BCUT2D eigenvalue weighted by molar-refractivity contribution is 7.16. The second kappa shape index (κ2) is 7.19. The quantitative estimate of drug-likeness (QED) is 0.458. The van der Waals surface area contributed by atoms with Gasteiger partial charge in [-0.3, -0.25) is 10.2 Å². The van der Waals surface area contributed by atoms with Crippen molar-refractivity contribution < 1.29 is 4.79 Å². The molecular weight excluding hydrogens is 288 g/mol. The molecule has 114 valence electrons. The van der Waals surface area contributed by atoms with Gasteiger partial charge in [-0.1, -0.05) is 6.92 Å². The van der Waals surface area contributed by atoms with E-state index < -0.39 is 0 Å². The molecule has 8 heteroatoms. The van der Waals surface area contributed by atoms with Crippen LogP contribution in [0.15, 0.2) is 11.4 Å². The van der Waals surface area contributed by atoms with Crippen LogP contribution in [0.3, 0.4) is 0 Å². The molecule has 21 heavy (non-hydrogen) atoms. The smallest absolute Gasteiger partial charge is 0.240 e. The Bertz CT molecular complexity index is 614. The fourth-order valence-corrected chi connectivity index (χ4v) is 2.56. The van der Waals surface area contributed by atoms with Gasteiger partial charge < -0.3 is 10.6 Å². The maximum Gasteiger partial charge on any atom is 0.240 e. The molecule has 0 aliphatic rings. The lowest BCUT2D eigenvalue weighted by molar-refractivity contribution is -0.121. The van der Waals surface area contributed by atoms with Crippen LogP contribution >= 0.6 is 11.3 Å². The molecule has 2 rings (SSSR count). The molecule has 0 bridgehead atoms. The first-order valence-corrected chi connectivity index (χ1v) is 7.77. The van der Waals surface area contributed by atoms with Crippen LogP contribution in [0.4, 0.5) is 11.8 Å². The first-order valence-electron chi connectivity index (χ1n) is 6.89. The SMILES string of the molecule is CCC(C)NC(=O)CCNc1nc(NN)nc2sccc12. The first kappa shape index (κ1) is 15.5. The van der Waals surface area contributed by atoms with Gasteiger partial charge in [0, 0.05) is 19.0 Å². The van der Waals surface area contributed by atoms with Gasteiger partial charge in [0.05, 0.1) is 5.39 Å². The monoisotopic (exact) mass is 308 g/mol. The van der Waals surface area contributed by atoms with Gasteiger partial charge in [0.25, 0.3) is 0 Å². The van der Waals surface area contributed by atoms with Crippen LogP contribution in [-0.2, 0) is 4.79 Å². The maximum atomic E-state index is 11.7. The second-order valence-corrected chi connectivity index (χ2v) is 5.63. The van der Waals surface area contributed by atoms with E-state index in [1.807, 2.05) is 25.3 Å². The molecule has 7 nitrogen and oxygen atoms in total. The van der Waals surface area contributed by atoms with Crippen LogP contribution < -0.4 is 21.9 Å². The molecule has 0 saturated carbocycles. The minimum absolute atomic E-state index is 0.0321. The van der Waals surface area contributed by atoms with Crippen LogP contribution in [-0.4, -0.2) is 28.5 Å². The van der Waals surface area contributed by atoms with E-state index in [2.05, 4.69) is 26.0 Å². The predicted molar refractivity (Wildman–Crippen MR) is 86.2 cm³/mol. The molecule has 0 saturated heterocycles. The summed E-state index contributed by atoms with van der Waals surface area (Å²) in [5.41, 5.74) is 2.45. The lowest BCUT2D eigenvalue weighted by atomic mass is 10.2. The molecule has 0 aliphatic heterocycles.